The van der Waals surface area contributed by atoms with Gasteiger partial charge in [0.15, 0.2) is 0 Å². The lowest BCUT2D eigenvalue weighted by Crippen LogP contribution is -2.21. The zero-order chi connectivity index (χ0) is 12.8. The maximum absolute atomic E-state index is 6.05. The number of thioether (sulfide) groups is 1. The first-order chi connectivity index (χ1) is 8.06. The van der Waals surface area contributed by atoms with E-state index in [-0.39, 0.29) is 6.04 Å². The van der Waals surface area contributed by atoms with E-state index in [1.807, 2.05) is 11.8 Å². The molecule has 0 saturated carbocycles. The summed E-state index contributed by atoms with van der Waals surface area (Å²) in [6.07, 6.45) is 3.20. The van der Waals surface area contributed by atoms with Crippen molar-refractivity contribution in [2.75, 3.05) is 0 Å². The van der Waals surface area contributed by atoms with Crippen LogP contribution in [0.3, 0.4) is 0 Å². The predicted molar refractivity (Wildman–Crippen MR) is 81.7 cm³/mol. The van der Waals surface area contributed by atoms with Crippen molar-refractivity contribution in [2.24, 2.45) is 5.73 Å². The Morgan fingerprint density at radius 3 is 2.59 bits per heavy atom. The van der Waals surface area contributed by atoms with Crippen molar-refractivity contribution in [3.05, 3.63) is 28.2 Å². The van der Waals surface area contributed by atoms with Crippen LogP contribution in [0.2, 0.25) is 0 Å². The lowest BCUT2D eigenvalue weighted by Gasteiger charge is -2.16. The van der Waals surface area contributed by atoms with Crippen molar-refractivity contribution in [2.45, 2.75) is 56.2 Å². The highest BCUT2D eigenvalue weighted by atomic mass is 79.9. The van der Waals surface area contributed by atoms with Gasteiger partial charge in [-0.1, -0.05) is 42.8 Å². The fourth-order valence-electron chi connectivity index (χ4n) is 1.53. The first-order valence-corrected chi connectivity index (χ1v) is 7.94. The summed E-state index contributed by atoms with van der Waals surface area (Å²) in [6, 6.07) is 6.80. The van der Waals surface area contributed by atoms with E-state index in [2.05, 4.69) is 54.9 Å². The molecule has 0 fully saturated rings. The summed E-state index contributed by atoms with van der Waals surface area (Å²) >= 11 is 5.50. The molecule has 0 amide bonds. The van der Waals surface area contributed by atoms with Crippen LogP contribution in [-0.2, 0) is 6.42 Å². The Balaban J connectivity index is 2.87. The molecule has 0 aliphatic heterocycles. The van der Waals surface area contributed by atoms with Gasteiger partial charge in [-0.2, -0.15) is 0 Å². The Hall–Kier alpha value is 0.01000. The maximum Gasteiger partial charge on any atom is 0.0186 e. The van der Waals surface area contributed by atoms with E-state index in [1.54, 1.807) is 0 Å². The van der Waals surface area contributed by atoms with Crippen molar-refractivity contribution in [3.8, 4) is 0 Å². The second kappa shape index (κ2) is 7.45. The molecule has 0 spiro atoms. The second-order valence-corrected chi connectivity index (χ2v) is 6.86. The van der Waals surface area contributed by atoms with Crippen LogP contribution in [0.5, 0.6) is 0 Å². The number of hydrogen-bond donors (Lipinski definition) is 1. The Bertz CT molecular complexity index is 354. The van der Waals surface area contributed by atoms with E-state index in [1.165, 1.54) is 16.9 Å². The molecular weight excluding hydrogens is 294 g/mol. The molecule has 96 valence electrons. The molecule has 2 atom stereocenters. The van der Waals surface area contributed by atoms with Crippen LogP contribution in [0.25, 0.3) is 0 Å². The molecule has 0 bridgehead atoms. The van der Waals surface area contributed by atoms with Crippen molar-refractivity contribution >= 4 is 27.7 Å². The van der Waals surface area contributed by atoms with Gasteiger partial charge in [-0.25, -0.2) is 0 Å². The van der Waals surface area contributed by atoms with Crippen LogP contribution in [-0.4, -0.2) is 11.3 Å². The minimum Gasteiger partial charge on any atom is -0.327 e. The molecule has 3 heteroatoms. The zero-order valence-corrected chi connectivity index (χ0v) is 13.3. The molecule has 0 aromatic heterocycles. The van der Waals surface area contributed by atoms with Gasteiger partial charge < -0.3 is 5.73 Å². The van der Waals surface area contributed by atoms with Gasteiger partial charge in [-0.15, -0.1) is 11.8 Å². The third kappa shape index (κ3) is 5.02. The molecule has 1 aromatic rings. The molecule has 2 unspecified atom stereocenters. The molecule has 0 heterocycles. The van der Waals surface area contributed by atoms with Crippen LogP contribution in [0.1, 0.15) is 39.2 Å². The van der Waals surface area contributed by atoms with Crippen LogP contribution >= 0.6 is 27.7 Å². The summed E-state index contributed by atoms with van der Waals surface area (Å²) in [5.74, 6) is 0. The number of rotatable bonds is 6. The average molecular weight is 316 g/mol. The zero-order valence-electron chi connectivity index (χ0n) is 10.9. The van der Waals surface area contributed by atoms with Crippen molar-refractivity contribution in [1.29, 1.82) is 0 Å². The molecule has 0 aliphatic carbocycles. The van der Waals surface area contributed by atoms with E-state index in [9.17, 15) is 0 Å². The summed E-state index contributed by atoms with van der Waals surface area (Å²) in [5.41, 5.74) is 7.44. The van der Waals surface area contributed by atoms with Crippen LogP contribution in [0.15, 0.2) is 27.6 Å². The highest BCUT2D eigenvalue weighted by molar-refractivity contribution is 9.10. The molecule has 0 saturated heterocycles. The lowest BCUT2D eigenvalue weighted by atomic mass is 10.1. The fraction of sp³-hybridized carbons (Fsp3) is 0.571. The van der Waals surface area contributed by atoms with Gasteiger partial charge in [-0.3, -0.25) is 0 Å². The van der Waals surface area contributed by atoms with Gasteiger partial charge in [0.25, 0.3) is 0 Å². The highest BCUT2D eigenvalue weighted by Gasteiger charge is 2.10. The van der Waals surface area contributed by atoms with Gasteiger partial charge in [0.05, 0.1) is 0 Å². The third-order valence-electron chi connectivity index (χ3n) is 2.94. The van der Waals surface area contributed by atoms with Crippen molar-refractivity contribution in [1.82, 2.24) is 0 Å². The summed E-state index contributed by atoms with van der Waals surface area (Å²) in [4.78, 5) is 1.37. The molecule has 1 rings (SSSR count). The maximum atomic E-state index is 6.05. The van der Waals surface area contributed by atoms with E-state index in [0.717, 1.165) is 17.3 Å². The van der Waals surface area contributed by atoms with Crippen LogP contribution < -0.4 is 5.73 Å². The predicted octanol–water partition coefficient (Wildman–Crippen LogP) is 4.62. The Kier molecular flexibility index (Phi) is 6.60. The summed E-state index contributed by atoms with van der Waals surface area (Å²) in [7, 11) is 0. The lowest BCUT2D eigenvalue weighted by molar-refractivity contribution is 0.641. The van der Waals surface area contributed by atoms with E-state index >= 15 is 0 Å². The molecule has 0 aliphatic rings. The first-order valence-electron chi connectivity index (χ1n) is 6.27. The van der Waals surface area contributed by atoms with Gasteiger partial charge >= 0.3 is 0 Å². The topological polar surface area (TPSA) is 26.0 Å². The SMILES string of the molecule is CCC(N)Cc1ccc(Br)cc1SC(C)CC. The Morgan fingerprint density at radius 2 is 2.00 bits per heavy atom. The Labute approximate surface area is 118 Å². The molecule has 0 radical (unpaired) electrons. The van der Waals surface area contributed by atoms with Gasteiger partial charge in [0.2, 0.25) is 0 Å². The van der Waals surface area contributed by atoms with E-state index < -0.39 is 0 Å². The quantitative estimate of drug-likeness (QED) is 0.775. The van der Waals surface area contributed by atoms with Gasteiger partial charge in [0, 0.05) is 20.7 Å². The summed E-state index contributed by atoms with van der Waals surface area (Å²) in [5, 5.41) is 0.654. The van der Waals surface area contributed by atoms with E-state index in [0.29, 0.717) is 5.25 Å². The molecular formula is C14H22BrNS. The number of halogens is 1. The van der Waals surface area contributed by atoms with Gasteiger partial charge in [0.1, 0.15) is 0 Å². The van der Waals surface area contributed by atoms with Crippen molar-refractivity contribution < 1.29 is 0 Å². The average Bonchev–Trinajstić information content (AvgIpc) is 2.32. The minimum absolute atomic E-state index is 0.271. The van der Waals surface area contributed by atoms with Crippen LogP contribution in [0.4, 0.5) is 0 Å². The fourth-order valence-corrected chi connectivity index (χ4v) is 3.14. The molecule has 1 aromatic carbocycles. The third-order valence-corrected chi connectivity index (χ3v) is 4.80. The number of benzene rings is 1. The smallest absolute Gasteiger partial charge is 0.0186 e. The largest absolute Gasteiger partial charge is 0.327 e. The molecule has 2 N–H and O–H groups in total. The molecule has 1 nitrogen and oxygen atoms in total. The highest BCUT2D eigenvalue weighted by Crippen LogP contribution is 2.31. The standard InChI is InChI=1S/C14H22BrNS/c1-4-10(3)17-14-9-12(15)7-6-11(14)8-13(16)5-2/h6-7,9-10,13H,4-5,8,16H2,1-3H3. The Morgan fingerprint density at radius 1 is 1.29 bits per heavy atom. The summed E-state index contributed by atoms with van der Waals surface area (Å²) in [6.45, 7) is 6.65. The van der Waals surface area contributed by atoms with Crippen LogP contribution in [0, 0.1) is 0 Å². The minimum atomic E-state index is 0.271. The van der Waals surface area contributed by atoms with Crippen molar-refractivity contribution in [3.63, 3.8) is 0 Å². The number of hydrogen-bond acceptors (Lipinski definition) is 2. The summed E-state index contributed by atoms with van der Waals surface area (Å²) < 4.78 is 1.15. The van der Waals surface area contributed by atoms with E-state index in [4.69, 9.17) is 5.73 Å². The number of nitrogens with two attached hydrogens (primary N) is 1. The molecule has 17 heavy (non-hydrogen) atoms. The first kappa shape index (κ1) is 15.1. The normalized spacial score (nSPS) is 14.6. The van der Waals surface area contributed by atoms with Gasteiger partial charge in [-0.05, 0) is 37.0 Å². The second-order valence-electron chi connectivity index (χ2n) is 4.46. The monoisotopic (exact) mass is 315 g/mol.